The van der Waals surface area contributed by atoms with Crippen molar-refractivity contribution in [2.24, 2.45) is 28.6 Å². The van der Waals surface area contributed by atoms with Gasteiger partial charge in [-0.05, 0) is 107 Å². The van der Waals surface area contributed by atoms with Crippen molar-refractivity contribution >= 4 is 17.6 Å². The molecule has 8 aliphatic rings. The molecule has 0 amide bonds. The highest BCUT2D eigenvalue weighted by molar-refractivity contribution is 5.95. The average molecular weight is 1140 g/mol. The van der Waals surface area contributed by atoms with Gasteiger partial charge in [0.2, 0.25) is 0 Å². The molecule has 4 aliphatic carbocycles. The molecule has 4 saturated carbocycles. The number of aliphatic hydroxyl groups is 9. The molecule has 0 aromatic heterocycles. The van der Waals surface area contributed by atoms with Crippen LogP contribution in [0.25, 0.3) is 0 Å². The Hall–Kier alpha value is -2.80. The predicted octanol–water partition coefficient (Wildman–Crippen LogP) is 0.324. The number of rotatable bonds is 16. The van der Waals surface area contributed by atoms with Crippen LogP contribution in [0.1, 0.15) is 116 Å². The number of ether oxygens (including phenoxy) is 12. The number of nitrogen functional groups attached to an aromatic ring is 1. The van der Waals surface area contributed by atoms with E-state index < -0.39 is 165 Å². The highest BCUT2D eigenvalue weighted by atomic mass is 16.8. The van der Waals surface area contributed by atoms with Gasteiger partial charge in [-0.3, -0.25) is 4.79 Å². The minimum absolute atomic E-state index is 0.0534. The van der Waals surface area contributed by atoms with Gasteiger partial charge >= 0.3 is 11.9 Å². The van der Waals surface area contributed by atoms with Crippen LogP contribution in [-0.4, -0.2) is 225 Å². The van der Waals surface area contributed by atoms with Gasteiger partial charge in [0.15, 0.2) is 25.2 Å². The third-order valence-electron chi connectivity index (χ3n) is 20.2. The van der Waals surface area contributed by atoms with Gasteiger partial charge in [-0.2, -0.15) is 0 Å². The molecule has 11 N–H and O–H groups in total. The van der Waals surface area contributed by atoms with Crippen molar-refractivity contribution < 1.29 is 112 Å². The smallest absolute Gasteiger partial charge is 0.340 e. The Morgan fingerprint density at radius 2 is 1.31 bits per heavy atom. The molecule has 0 radical (unpaired) electrons. The van der Waals surface area contributed by atoms with Gasteiger partial charge in [-0.25, -0.2) is 4.79 Å². The summed E-state index contributed by atoms with van der Waals surface area (Å²) >= 11 is 0. The van der Waals surface area contributed by atoms with Crippen molar-refractivity contribution in [3.63, 3.8) is 0 Å². The summed E-state index contributed by atoms with van der Waals surface area (Å²) in [6.45, 7) is 9.42. The maximum atomic E-state index is 13.4. The first-order valence-electron chi connectivity index (χ1n) is 28.5. The molecule has 80 heavy (non-hydrogen) atoms. The first-order chi connectivity index (χ1) is 37.8. The summed E-state index contributed by atoms with van der Waals surface area (Å²) in [6, 6.07) is 6.55. The van der Waals surface area contributed by atoms with Crippen LogP contribution in [0.4, 0.5) is 5.69 Å². The lowest BCUT2D eigenvalue weighted by Gasteiger charge is -2.66. The number of hydrogen-bond donors (Lipinski definition) is 10. The number of esters is 2. The zero-order valence-electron chi connectivity index (χ0n) is 47.0. The molecular weight excluding hydrogens is 1050 g/mol. The van der Waals surface area contributed by atoms with E-state index in [-0.39, 0.29) is 59.8 Å². The monoisotopic (exact) mass is 1140 g/mol. The Kier molecular flexibility index (Phi) is 18.7. The van der Waals surface area contributed by atoms with Crippen molar-refractivity contribution in [3.8, 4) is 0 Å². The fourth-order valence-electron chi connectivity index (χ4n) is 15.5. The standard InChI is InChI=1S/C56H87NO23/c1-25-48(79-41-22-36(70-8)49(26(2)73-41)80-52-47(65)45(63)43(61)38(78-52)24-71-51-46(64)44(62)42(60)37(23-58)77-51)35(69-7)21-40(72-25)76-30-15-16-53(5)29(19-30)13-14-32-33(53)20-39(75-28(4)59)54(6)55(67,17-18-56(32,54)68)27(3)74-50(66)31-11-9-10-12-34(31)57/h9-12,25-27,29-30,32-33,35-49,51-52,58,60-65,67-68H,13-24,57H2,1-8H3. The number of fused-ring (bicyclic) bond motifs is 5. The first-order valence-corrected chi connectivity index (χ1v) is 28.5. The van der Waals surface area contributed by atoms with Crippen LogP contribution in [0.2, 0.25) is 0 Å². The molecule has 0 spiro atoms. The summed E-state index contributed by atoms with van der Waals surface area (Å²) in [6.07, 6.45) is -18.3. The van der Waals surface area contributed by atoms with Crippen molar-refractivity contribution in [2.45, 2.75) is 246 Å². The van der Waals surface area contributed by atoms with Crippen LogP contribution in [0.3, 0.4) is 0 Å². The number of carbonyl (C=O) groups excluding carboxylic acids is 2. The zero-order chi connectivity index (χ0) is 58.0. The number of methoxy groups -OCH3 is 2. The average Bonchev–Trinajstić information content (AvgIpc) is 2.92. The Morgan fingerprint density at radius 3 is 1.94 bits per heavy atom. The molecule has 24 nitrogen and oxygen atoms in total. The van der Waals surface area contributed by atoms with Crippen LogP contribution in [0.5, 0.6) is 0 Å². The summed E-state index contributed by atoms with van der Waals surface area (Å²) in [5.41, 5.74) is 1.68. The van der Waals surface area contributed by atoms with E-state index in [1.165, 1.54) is 14.0 Å². The molecule has 9 rings (SSSR count). The third kappa shape index (κ3) is 11.1. The van der Waals surface area contributed by atoms with E-state index in [4.69, 9.17) is 62.6 Å². The topological polar surface area (TPSA) is 353 Å². The Morgan fingerprint density at radius 1 is 0.713 bits per heavy atom. The summed E-state index contributed by atoms with van der Waals surface area (Å²) in [5, 5.41) is 98.9. The number of nitrogens with two attached hydrogens (primary N) is 1. The molecule has 28 unspecified atom stereocenters. The molecule has 1 aromatic rings. The molecule has 454 valence electrons. The van der Waals surface area contributed by atoms with E-state index in [0.29, 0.717) is 25.7 Å². The maximum absolute atomic E-state index is 13.4. The van der Waals surface area contributed by atoms with Gasteiger partial charge < -0.3 is 109 Å². The van der Waals surface area contributed by atoms with E-state index >= 15 is 0 Å². The highest BCUT2D eigenvalue weighted by Crippen LogP contribution is 2.71. The fourth-order valence-corrected chi connectivity index (χ4v) is 15.5. The number of carbonyl (C=O) groups is 2. The summed E-state index contributed by atoms with van der Waals surface area (Å²) in [7, 11) is 3.08. The minimum atomic E-state index is -1.76. The Labute approximate surface area is 466 Å². The quantitative estimate of drug-likeness (QED) is 0.0605. The van der Waals surface area contributed by atoms with Crippen molar-refractivity contribution in [1.82, 2.24) is 0 Å². The maximum Gasteiger partial charge on any atom is 0.340 e. The van der Waals surface area contributed by atoms with Gasteiger partial charge in [0.1, 0.15) is 78.8 Å². The molecule has 8 fully saturated rings. The van der Waals surface area contributed by atoms with E-state index in [1.54, 1.807) is 52.1 Å². The van der Waals surface area contributed by atoms with Crippen molar-refractivity contribution in [3.05, 3.63) is 29.8 Å². The number of para-hydroxylation sites is 1. The van der Waals surface area contributed by atoms with Crippen LogP contribution in [0, 0.1) is 28.6 Å². The largest absolute Gasteiger partial charge is 0.462 e. The lowest BCUT2D eigenvalue weighted by Crippen LogP contribution is -2.72. The van der Waals surface area contributed by atoms with Crippen LogP contribution >= 0.6 is 0 Å². The SMILES string of the molecule is COC1CC(OC2CCC3(C)C(CCC4C3CC(OC(C)=O)C3(C)C(O)(C(C)OC(=O)c5ccccc5N)CCC43O)C2)OC(C)C1OC1CC(OC)C(OC2OC(COC3OC(CO)C(O)C(O)C3O)C(O)C(O)C2O)C(C)O1. The molecule has 4 heterocycles. The molecule has 24 heteroatoms. The van der Waals surface area contributed by atoms with Crippen molar-refractivity contribution in [1.29, 1.82) is 0 Å². The highest BCUT2D eigenvalue weighted by Gasteiger charge is 2.77. The fraction of sp³-hybridized carbons (Fsp3) is 0.857. The zero-order valence-corrected chi connectivity index (χ0v) is 47.0. The van der Waals surface area contributed by atoms with E-state index in [9.17, 15) is 55.5 Å². The Bertz CT molecular complexity index is 2280. The lowest BCUT2D eigenvalue weighted by atomic mass is 9.42. The van der Waals surface area contributed by atoms with Crippen LogP contribution in [0.15, 0.2) is 24.3 Å². The van der Waals surface area contributed by atoms with E-state index in [0.717, 1.165) is 19.3 Å². The third-order valence-corrected chi connectivity index (χ3v) is 20.2. The lowest BCUT2D eigenvalue weighted by molar-refractivity contribution is -0.360. The van der Waals surface area contributed by atoms with Gasteiger partial charge in [0, 0.05) is 39.7 Å². The normalized spacial score (nSPS) is 48.9. The summed E-state index contributed by atoms with van der Waals surface area (Å²) in [4.78, 5) is 26.3. The van der Waals surface area contributed by atoms with Gasteiger partial charge in [-0.1, -0.05) is 26.0 Å². The Balaban J connectivity index is 0.793. The second-order valence-corrected chi connectivity index (χ2v) is 24.4. The van der Waals surface area contributed by atoms with Crippen LogP contribution < -0.4 is 5.73 Å². The summed E-state index contributed by atoms with van der Waals surface area (Å²) < 4.78 is 73.3. The number of anilines is 1. The van der Waals surface area contributed by atoms with E-state index in [1.807, 2.05) is 6.92 Å². The summed E-state index contributed by atoms with van der Waals surface area (Å²) in [5.74, 6) is -1.29. The minimum Gasteiger partial charge on any atom is -0.462 e. The van der Waals surface area contributed by atoms with Gasteiger partial charge in [-0.15, -0.1) is 0 Å². The molecule has 4 aliphatic heterocycles. The molecule has 1 aromatic carbocycles. The second kappa shape index (κ2) is 24.3. The first kappa shape index (κ1) is 61.8. The number of benzene rings is 1. The number of hydrogen-bond acceptors (Lipinski definition) is 24. The molecule has 4 saturated heterocycles. The second-order valence-electron chi connectivity index (χ2n) is 24.4. The number of aliphatic hydroxyl groups excluding tert-OH is 7. The van der Waals surface area contributed by atoms with Gasteiger partial charge in [0.25, 0.3) is 0 Å². The van der Waals surface area contributed by atoms with Crippen LogP contribution in [-0.2, 0) is 61.6 Å². The molecular formula is C56H87NO23. The van der Waals surface area contributed by atoms with E-state index in [2.05, 4.69) is 6.92 Å². The molecule has 28 atom stereocenters. The predicted molar refractivity (Wildman–Crippen MR) is 275 cm³/mol. The van der Waals surface area contributed by atoms with Crippen molar-refractivity contribution in [2.75, 3.05) is 33.2 Å². The van der Waals surface area contributed by atoms with Gasteiger partial charge in [0.05, 0.1) is 60.3 Å². The molecule has 0 bridgehead atoms.